The number of aromatic nitrogens is 1. The van der Waals surface area contributed by atoms with Crippen molar-refractivity contribution in [1.82, 2.24) is 4.98 Å². The van der Waals surface area contributed by atoms with E-state index in [1.54, 1.807) is 0 Å². The summed E-state index contributed by atoms with van der Waals surface area (Å²) in [6.07, 6.45) is -5.54. The van der Waals surface area contributed by atoms with Crippen molar-refractivity contribution in [2.75, 3.05) is 0 Å². The molecule has 0 atom stereocenters. The number of hydrogen-bond acceptors (Lipinski definition) is 6. The highest BCUT2D eigenvalue weighted by atomic mass is 32.2. The van der Waals surface area contributed by atoms with Gasteiger partial charge in [-0.05, 0) is 6.07 Å². The van der Waals surface area contributed by atoms with Crippen molar-refractivity contribution in [3.8, 4) is 5.75 Å². The smallest absolute Gasteiger partial charge is 0.460 e. The molecule has 0 saturated carbocycles. The van der Waals surface area contributed by atoms with Crippen LogP contribution in [0.4, 0.5) is 39.5 Å². The highest BCUT2D eigenvalue weighted by Gasteiger charge is 2.86. The van der Waals surface area contributed by atoms with Gasteiger partial charge in [0, 0.05) is 17.1 Å². The number of rotatable bonds is 6. The van der Waals surface area contributed by atoms with Crippen LogP contribution in [0.15, 0.2) is 18.5 Å². The summed E-state index contributed by atoms with van der Waals surface area (Å²) in [5.41, 5.74) is 0. The van der Waals surface area contributed by atoms with E-state index in [1.165, 1.54) is 0 Å². The number of carboxylic acids is 1. The summed E-state index contributed by atoms with van der Waals surface area (Å²) in [5.74, 6) is -18.5. The molecule has 162 valence electrons. The maximum atomic E-state index is 13.7. The first kappa shape index (κ1) is 23.0. The normalized spacial score (nSPS) is 14.2. The fourth-order valence-corrected chi connectivity index (χ4v) is 3.75. The van der Waals surface area contributed by atoms with Crippen LogP contribution in [0.5, 0.6) is 5.75 Å². The monoisotopic (exact) mass is 477 g/mol. The second-order valence-corrected chi connectivity index (χ2v) is 7.78. The van der Waals surface area contributed by atoms with Gasteiger partial charge in [-0.2, -0.15) is 47.9 Å². The van der Waals surface area contributed by atoms with Crippen molar-refractivity contribution in [2.45, 2.75) is 23.3 Å². The molecule has 17 heteroatoms. The summed E-state index contributed by atoms with van der Waals surface area (Å²) in [5, 5.41) is 1.24. The third kappa shape index (κ3) is 3.34. The first-order chi connectivity index (χ1) is 12.9. The Hall–Kier alpha value is -2.30. The Morgan fingerprint density at radius 3 is 2.07 bits per heavy atom. The van der Waals surface area contributed by atoms with E-state index in [2.05, 4.69) is 9.17 Å². The lowest BCUT2D eigenvalue weighted by molar-refractivity contribution is -0.382. The van der Waals surface area contributed by atoms with Gasteiger partial charge < -0.3 is 9.29 Å². The SMILES string of the molecule is O=C(O)c1sc2ccncc2c1OS(=O)(=O)C(F)(F)C(F)(F)C(F)(F)C(F)(F)F. The van der Waals surface area contributed by atoms with Gasteiger partial charge in [-0.3, -0.25) is 4.98 Å². The molecule has 1 N–H and O–H groups in total. The minimum Gasteiger partial charge on any atom is -0.477 e. The van der Waals surface area contributed by atoms with Gasteiger partial charge >= 0.3 is 39.4 Å². The number of alkyl halides is 9. The zero-order valence-corrected chi connectivity index (χ0v) is 14.6. The lowest BCUT2D eigenvalue weighted by atomic mass is 10.1. The first-order valence-electron chi connectivity index (χ1n) is 6.62. The molecule has 0 saturated heterocycles. The predicted molar refractivity (Wildman–Crippen MR) is 77.0 cm³/mol. The lowest BCUT2D eigenvalue weighted by Gasteiger charge is -2.32. The summed E-state index contributed by atoms with van der Waals surface area (Å²) in [6, 6.07) is 1.04. The van der Waals surface area contributed by atoms with Gasteiger partial charge in [0.25, 0.3) is 0 Å². The molecule has 0 amide bonds. The summed E-state index contributed by atoms with van der Waals surface area (Å²) < 4.78 is 143. The van der Waals surface area contributed by atoms with E-state index in [9.17, 15) is 52.7 Å². The number of nitrogens with zero attached hydrogens (tertiary/aromatic N) is 1. The topological polar surface area (TPSA) is 93.6 Å². The van der Waals surface area contributed by atoms with Gasteiger partial charge in [0.1, 0.15) is 0 Å². The number of fused-ring (bicyclic) bond motifs is 1. The highest BCUT2D eigenvalue weighted by Crippen LogP contribution is 2.55. The van der Waals surface area contributed by atoms with Crippen LogP contribution in [0.3, 0.4) is 0 Å². The van der Waals surface area contributed by atoms with E-state index in [1.807, 2.05) is 0 Å². The summed E-state index contributed by atoms with van der Waals surface area (Å²) >= 11 is 0.211. The minimum atomic E-state index is -7.51. The molecule has 0 unspecified atom stereocenters. The maximum Gasteiger partial charge on any atom is 0.460 e. The van der Waals surface area contributed by atoms with E-state index in [-0.39, 0.29) is 16.0 Å². The van der Waals surface area contributed by atoms with Crippen LogP contribution < -0.4 is 4.18 Å². The summed E-state index contributed by atoms with van der Waals surface area (Å²) in [6.45, 7) is 0. The van der Waals surface area contributed by atoms with Crippen LogP contribution in [0, 0.1) is 0 Å². The number of carboxylic acid groups (broad SMARTS) is 1. The van der Waals surface area contributed by atoms with Gasteiger partial charge in [-0.25, -0.2) is 4.79 Å². The molecule has 2 aromatic rings. The molecule has 2 heterocycles. The second-order valence-electron chi connectivity index (χ2n) is 5.14. The number of carbonyl (C=O) groups is 1. The van der Waals surface area contributed by atoms with Gasteiger partial charge in [0.15, 0.2) is 10.6 Å². The molecule has 0 bridgehead atoms. The average Bonchev–Trinajstić information content (AvgIpc) is 2.92. The van der Waals surface area contributed by atoms with E-state index in [4.69, 9.17) is 5.11 Å². The van der Waals surface area contributed by atoms with Crippen LogP contribution in [-0.2, 0) is 10.1 Å². The summed E-state index contributed by atoms with van der Waals surface area (Å²) in [4.78, 5) is 13.4. The number of hydrogen-bond donors (Lipinski definition) is 1. The third-order valence-electron chi connectivity index (χ3n) is 3.26. The van der Waals surface area contributed by atoms with Gasteiger partial charge in [0.2, 0.25) is 0 Å². The Kier molecular flexibility index (Phi) is 5.24. The molecule has 0 fully saturated rings. The molecular weight excluding hydrogens is 473 g/mol. The van der Waals surface area contributed by atoms with E-state index < -0.39 is 55.4 Å². The molecule has 29 heavy (non-hydrogen) atoms. The van der Waals surface area contributed by atoms with Crippen molar-refractivity contribution in [3.05, 3.63) is 23.3 Å². The molecule has 2 aromatic heterocycles. The quantitative estimate of drug-likeness (QED) is 0.497. The predicted octanol–water partition coefficient (Wildman–Crippen LogP) is 4.13. The number of thiophene rings is 1. The van der Waals surface area contributed by atoms with Crippen molar-refractivity contribution >= 4 is 37.5 Å². The van der Waals surface area contributed by atoms with Crippen molar-refractivity contribution in [2.24, 2.45) is 0 Å². The Morgan fingerprint density at radius 1 is 1.03 bits per heavy atom. The van der Waals surface area contributed by atoms with E-state index in [0.29, 0.717) is 6.20 Å². The Morgan fingerprint density at radius 2 is 1.59 bits per heavy atom. The fourth-order valence-electron chi connectivity index (χ4n) is 1.82. The third-order valence-corrected chi connectivity index (χ3v) is 5.67. The van der Waals surface area contributed by atoms with Gasteiger partial charge in [-0.1, -0.05) is 0 Å². The van der Waals surface area contributed by atoms with Crippen molar-refractivity contribution in [1.29, 1.82) is 0 Å². The lowest BCUT2D eigenvalue weighted by Crippen LogP contribution is -2.63. The standard InChI is InChI=1S/C12H4F9NO5S2/c13-9(14,11(17,18)19)10(15,16)12(20,21)29(25,26)27-6-4-3-22-2-1-5(4)28-7(6)8(23)24/h1-3H,(H,23,24). The molecule has 0 aliphatic carbocycles. The number of pyridine rings is 1. The minimum absolute atomic E-state index is 0.154. The highest BCUT2D eigenvalue weighted by molar-refractivity contribution is 7.88. The van der Waals surface area contributed by atoms with Crippen LogP contribution in [0.25, 0.3) is 10.1 Å². The molecule has 0 aromatic carbocycles. The summed E-state index contributed by atoms with van der Waals surface area (Å²) in [7, 11) is -7.28. The van der Waals surface area contributed by atoms with Crippen LogP contribution in [-0.4, -0.2) is 47.8 Å². The fraction of sp³-hybridized carbons (Fsp3) is 0.333. The van der Waals surface area contributed by atoms with E-state index in [0.717, 1.165) is 12.3 Å². The molecular formula is C12H4F9NO5S2. The Balaban J connectivity index is 2.63. The Bertz CT molecular complexity index is 1060. The van der Waals surface area contributed by atoms with Gasteiger partial charge in [-0.15, -0.1) is 11.3 Å². The molecule has 0 aliphatic heterocycles. The zero-order valence-electron chi connectivity index (χ0n) is 13.0. The number of halogens is 9. The number of aromatic carboxylic acids is 1. The van der Waals surface area contributed by atoms with Crippen LogP contribution in [0.2, 0.25) is 0 Å². The van der Waals surface area contributed by atoms with E-state index >= 15 is 0 Å². The van der Waals surface area contributed by atoms with Crippen molar-refractivity contribution in [3.63, 3.8) is 0 Å². The second kappa shape index (κ2) is 6.61. The van der Waals surface area contributed by atoms with Crippen LogP contribution >= 0.6 is 11.3 Å². The molecule has 2 rings (SSSR count). The molecule has 6 nitrogen and oxygen atoms in total. The maximum absolute atomic E-state index is 13.7. The van der Waals surface area contributed by atoms with Crippen LogP contribution in [0.1, 0.15) is 9.67 Å². The first-order valence-corrected chi connectivity index (χ1v) is 8.85. The van der Waals surface area contributed by atoms with Crippen molar-refractivity contribution < 1.29 is 62.0 Å². The Labute approximate surface area is 157 Å². The molecule has 0 radical (unpaired) electrons. The average molecular weight is 477 g/mol. The van der Waals surface area contributed by atoms with Gasteiger partial charge in [0.05, 0.1) is 5.39 Å². The molecule has 0 spiro atoms. The largest absolute Gasteiger partial charge is 0.477 e. The zero-order chi connectivity index (χ0) is 22.6. The molecule has 0 aliphatic rings.